The van der Waals surface area contributed by atoms with E-state index in [0.717, 1.165) is 29.1 Å². The number of fused-ring (bicyclic) bond motifs is 1. The van der Waals surface area contributed by atoms with Crippen LogP contribution in [0.2, 0.25) is 0 Å². The largest absolute Gasteiger partial charge is 0.353 e. The van der Waals surface area contributed by atoms with E-state index >= 15 is 0 Å². The molecule has 0 spiro atoms. The van der Waals surface area contributed by atoms with Crippen molar-refractivity contribution in [1.29, 1.82) is 0 Å². The van der Waals surface area contributed by atoms with E-state index in [4.69, 9.17) is 0 Å². The predicted octanol–water partition coefficient (Wildman–Crippen LogP) is 0.952. The van der Waals surface area contributed by atoms with Gasteiger partial charge in [0.2, 0.25) is 5.91 Å². The standard InChI is InChI=1S/C22H25N9O/c1-15-3-5-17(6-4-15)31-12-18-20(28-31)25-14-26-21(18)30-10-8-23-19(13-30)22(32)24-11-16-7-9-29(2)27-16/h3-7,9,12,14,19,23H,8,10-11,13H2,1-2H3,(H,24,32). The van der Waals surface area contributed by atoms with E-state index in [9.17, 15) is 4.79 Å². The van der Waals surface area contributed by atoms with Crippen molar-refractivity contribution in [2.45, 2.75) is 19.5 Å². The Morgan fingerprint density at radius 3 is 2.81 bits per heavy atom. The molecule has 1 aliphatic heterocycles. The molecule has 3 aromatic heterocycles. The zero-order valence-corrected chi connectivity index (χ0v) is 18.1. The van der Waals surface area contributed by atoms with Crippen molar-refractivity contribution in [3.63, 3.8) is 0 Å². The van der Waals surface area contributed by atoms with E-state index < -0.39 is 0 Å². The highest BCUT2D eigenvalue weighted by Gasteiger charge is 2.27. The molecule has 4 aromatic rings. The first-order valence-corrected chi connectivity index (χ1v) is 10.6. The van der Waals surface area contributed by atoms with Gasteiger partial charge in [0, 0.05) is 39.1 Å². The van der Waals surface area contributed by atoms with Crippen LogP contribution in [0.1, 0.15) is 11.3 Å². The molecule has 10 nitrogen and oxygen atoms in total. The Kier molecular flexibility index (Phi) is 5.28. The van der Waals surface area contributed by atoms with Gasteiger partial charge in [0.1, 0.15) is 18.2 Å². The van der Waals surface area contributed by atoms with Crippen molar-refractivity contribution in [3.8, 4) is 5.69 Å². The number of rotatable bonds is 5. The minimum atomic E-state index is -0.343. The van der Waals surface area contributed by atoms with Crippen molar-refractivity contribution in [3.05, 3.63) is 60.3 Å². The lowest BCUT2D eigenvalue weighted by molar-refractivity contribution is -0.123. The summed E-state index contributed by atoms with van der Waals surface area (Å²) in [5.41, 5.74) is 3.62. The Morgan fingerprint density at radius 1 is 1.19 bits per heavy atom. The number of hydrogen-bond acceptors (Lipinski definition) is 7. The molecule has 0 radical (unpaired) electrons. The number of anilines is 1. The Labute approximate surface area is 185 Å². The minimum absolute atomic E-state index is 0.0546. The second-order valence-corrected chi connectivity index (χ2v) is 8.00. The topological polar surface area (TPSA) is 106 Å². The average molecular weight is 432 g/mol. The zero-order chi connectivity index (χ0) is 22.1. The van der Waals surface area contributed by atoms with Crippen molar-refractivity contribution in [2.24, 2.45) is 7.05 Å². The number of amides is 1. The molecule has 1 aliphatic rings. The van der Waals surface area contributed by atoms with Crippen LogP contribution >= 0.6 is 0 Å². The lowest BCUT2D eigenvalue weighted by Crippen LogP contribution is -2.57. The fourth-order valence-electron chi connectivity index (χ4n) is 3.88. The number of nitrogens with zero attached hydrogens (tertiary/aromatic N) is 7. The molecule has 1 unspecified atom stereocenters. The number of aryl methyl sites for hydroxylation is 2. The van der Waals surface area contributed by atoms with Gasteiger partial charge in [-0.2, -0.15) is 5.10 Å². The quantitative estimate of drug-likeness (QED) is 0.485. The summed E-state index contributed by atoms with van der Waals surface area (Å²) in [5, 5.41) is 16.1. The molecule has 32 heavy (non-hydrogen) atoms. The Balaban J connectivity index is 1.34. The van der Waals surface area contributed by atoms with E-state index in [1.54, 1.807) is 4.68 Å². The van der Waals surface area contributed by atoms with Crippen molar-refractivity contribution in [2.75, 3.05) is 24.5 Å². The smallest absolute Gasteiger partial charge is 0.239 e. The first-order chi connectivity index (χ1) is 15.6. The van der Waals surface area contributed by atoms with Gasteiger partial charge < -0.3 is 15.5 Å². The van der Waals surface area contributed by atoms with Crippen LogP contribution in [-0.4, -0.2) is 61.1 Å². The third-order valence-electron chi connectivity index (χ3n) is 5.60. The molecule has 1 fully saturated rings. The van der Waals surface area contributed by atoms with E-state index in [1.165, 1.54) is 11.9 Å². The van der Waals surface area contributed by atoms with Crippen LogP contribution in [0, 0.1) is 6.92 Å². The molecule has 1 saturated heterocycles. The summed E-state index contributed by atoms with van der Waals surface area (Å²) in [7, 11) is 1.86. The van der Waals surface area contributed by atoms with Crippen LogP contribution in [0.5, 0.6) is 0 Å². The molecule has 10 heteroatoms. The molecule has 5 rings (SSSR count). The van der Waals surface area contributed by atoms with Gasteiger partial charge in [-0.25, -0.2) is 14.6 Å². The van der Waals surface area contributed by atoms with Gasteiger partial charge in [-0.1, -0.05) is 17.7 Å². The molecule has 1 amide bonds. The summed E-state index contributed by atoms with van der Waals surface area (Å²) in [6.45, 7) is 4.39. The van der Waals surface area contributed by atoms with Crippen molar-refractivity contribution < 1.29 is 4.79 Å². The highest BCUT2D eigenvalue weighted by atomic mass is 16.2. The van der Waals surface area contributed by atoms with Crippen LogP contribution in [0.4, 0.5) is 5.82 Å². The first-order valence-electron chi connectivity index (χ1n) is 10.6. The van der Waals surface area contributed by atoms with Crippen molar-refractivity contribution >= 4 is 22.8 Å². The number of carbonyl (C=O) groups excluding carboxylic acids is 1. The summed E-state index contributed by atoms with van der Waals surface area (Å²) in [4.78, 5) is 23.7. The maximum absolute atomic E-state index is 12.8. The van der Waals surface area contributed by atoms with Gasteiger partial charge >= 0.3 is 0 Å². The molecule has 0 bridgehead atoms. The molecule has 164 valence electrons. The van der Waals surface area contributed by atoms with Gasteiger partial charge in [-0.05, 0) is 25.1 Å². The lowest BCUT2D eigenvalue weighted by atomic mass is 10.2. The van der Waals surface area contributed by atoms with E-state index in [2.05, 4.69) is 54.8 Å². The van der Waals surface area contributed by atoms with Crippen LogP contribution in [0.15, 0.2) is 49.1 Å². The van der Waals surface area contributed by atoms with Gasteiger partial charge in [0.25, 0.3) is 0 Å². The lowest BCUT2D eigenvalue weighted by Gasteiger charge is -2.33. The fourth-order valence-corrected chi connectivity index (χ4v) is 3.88. The number of aromatic nitrogens is 6. The summed E-state index contributed by atoms with van der Waals surface area (Å²) in [6.07, 6.45) is 5.34. The summed E-state index contributed by atoms with van der Waals surface area (Å²) < 4.78 is 3.54. The number of hydrogen-bond donors (Lipinski definition) is 2. The van der Waals surface area contributed by atoms with Gasteiger partial charge in [0.05, 0.1) is 23.3 Å². The van der Waals surface area contributed by atoms with Gasteiger partial charge in [0.15, 0.2) is 5.65 Å². The predicted molar refractivity (Wildman–Crippen MR) is 120 cm³/mol. The van der Waals surface area contributed by atoms with Crippen LogP contribution in [-0.2, 0) is 18.4 Å². The molecule has 2 N–H and O–H groups in total. The summed E-state index contributed by atoms with van der Waals surface area (Å²) in [5.74, 6) is 0.735. The molecular weight excluding hydrogens is 406 g/mol. The van der Waals surface area contributed by atoms with E-state index in [1.807, 2.05) is 42.3 Å². The molecule has 1 aromatic carbocycles. The fraction of sp³-hybridized carbons (Fsp3) is 0.318. The van der Waals surface area contributed by atoms with Crippen molar-refractivity contribution in [1.82, 2.24) is 40.2 Å². The Morgan fingerprint density at radius 2 is 2.03 bits per heavy atom. The second kappa shape index (κ2) is 8.39. The average Bonchev–Trinajstić information content (AvgIpc) is 3.44. The number of piperazine rings is 1. The highest BCUT2D eigenvalue weighted by Crippen LogP contribution is 2.24. The normalized spacial score (nSPS) is 16.4. The summed E-state index contributed by atoms with van der Waals surface area (Å²) in [6, 6.07) is 9.72. The highest BCUT2D eigenvalue weighted by molar-refractivity contribution is 5.88. The first kappa shape index (κ1) is 20.1. The zero-order valence-electron chi connectivity index (χ0n) is 18.1. The Bertz CT molecular complexity index is 1240. The van der Waals surface area contributed by atoms with E-state index in [-0.39, 0.29) is 11.9 Å². The number of benzene rings is 1. The van der Waals surface area contributed by atoms with Crippen LogP contribution < -0.4 is 15.5 Å². The maximum Gasteiger partial charge on any atom is 0.239 e. The minimum Gasteiger partial charge on any atom is -0.353 e. The molecule has 0 aliphatic carbocycles. The SMILES string of the molecule is Cc1ccc(-n2cc3c(N4CCNC(C(=O)NCc5ccn(C)n5)C4)ncnc3n2)cc1. The summed E-state index contributed by atoms with van der Waals surface area (Å²) >= 11 is 0. The number of nitrogens with one attached hydrogen (secondary N) is 2. The maximum atomic E-state index is 12.8. The molecule has 0 saturated carbocycles. The third kappa shape index (κ3) is 4.04. The van der Waals surface area contributed by atoms with Crippen LogP contribution in [0.25, 0.3) is 16.7 Å². The second-order valence-electron chi connectivity index (χ2n) is 8.00. The number of carbonyl (C=O) groups is 1. The molecule has 4 heterocycles. The van der Waals surface area contributed by atoms with E-state index in [0.29, 0.717) is 25.3 Å². The monoisotopic (exact) mass is 431 g/mol. The van der Waals surface area contributed by atoms with Gasteiger partial charge in [-0.15, -0.1) is 5.10 Å². The third-order valence-corrected chi connectivity index (χ3v) is 5.60. The van der Waals surface area contributed by atoms with Gasteiger partial charge in [-0.3, -0.25) is 9.48 Å². The Hall–Kier alpha value is -3.79. The van der Waals surface area contributed by atoms with Crippen LogP contribution in [0.3, 0.4) is 0 Å². The molecular formula is C22H25N9O. The molecule has 1 atom stereocenters.